The Morgan fingerprint density at radius 2 is 2.11 bits per heavy atom. The standard InChI is InChI=1S/C4H4O5/c5-1-2-9-4(8)3(6)7/h1H,2H2,(H,6,7). The predicted octanol–water partition coefficient (Wildman–Crippen LogP) is -1.19. The van der Waals surface area contributed by atoms with Crippen LogP contribution in [0.2, 0.25) is 0 Å². The zero-order valence-electron chi connectivity index (χ0n) is 4.36. The molecular weight excluding hydrogens is 128 g/mol. The third-order valence-corrected chi connectivity index (χ3v) is 0.457. The van der Waals surface area contributed by atoms with E-state index in [1.807, 2.05) is 0 Å². The van der Waals surface area contributed by atoms with E-state index in [2.05, 4.69) is 4.74 Å². The fourth-order valence-corrected chi connectivity index (χ4v) is 0.171. The van der Waals surface area contributed by atoms with E-state index in [1.54, 1.807) is 0 Å². The minimum Gasteiger partial charge on any atom is -0.473 e. The molecule has 0 amide bonds. The summed E-state index contributed by atoms with van der Waals surface area (Å²) in [5.41, 5.74) is 0. The number of carbonyl (C=O) groups excluding carboxylic acids is 2. The van der Waals surface area contributed by atoms with E-state index in [0.717, 1.165) is 0 Å². The number of carbonyl (C=O) groups is 3. The third kappa shape index (κ3) is 3.22. The van der Waals surface area contributed by atoms with Crippen molar-refractivity contribution in [1.29, 1.82) is 0 Å². The molecule has 0 heterocycles. The zero-order chi connectivity index (χ0) is 7.28. The monoisotopic (exact) mass is 132 g/mol. The molecule has 0 fully saturated rings. The van der Waals surface area contributed by atoms with Crippen molar-refractivity contribution in [3.05, 3.63) is 0 Å². The number of hydrogen-bond acceptors (Lipinski definition) is 4. The van der Waals surface area contributed by atoms with Gasteiger partial charge in [-0.1, -0.05) is 0 Å². The first-order valence-corrected chi connectivity index (χ1v) is 2.02. The summed E-state index contributed by atoms with van der Waals surface area (Å²) < 4.78 is 3.85. The Labute approximate surface area is 50.2 Å². The van der Waals surface area contributed by atoms with Crippen LogP contribution in [0.15, 0.2) is 0 Å². The van der Waals surface area contributed by atoms with Gasteiger partial charge in [-0.25, -0.2) is 9.59 Å². The van der Waals surface area contributed by atoms with Crippen molar-refractivity contribution in [2.45, 2.75) is 0 Å². The van der Waals surface area contributed by atoms with Crippen LogP contribution < -0.4 is 0 Å². The maximum absolute atomic E-state index is 9.92. The molecule has 9 heavy (non-hydrogen) atoms. The molecule has 0 aromatic rings. The Kier molecular flexibility index (Phi) is 3.04. The van der Waals surface area contributed by atoms with Gasteiger partial charge in [0.15, 0.2) is 6.29 Å². The largest absolute Gasteiger partial charge is 0.473 e. The molecule has 0 aliphatic rings. The van der Waals surface area contributed by atoms with Gasteiger partial charge in [0.2, 0.25) is 0 Å². The van der Waals surface area contributed by atoms with Crippen molar-refractivity contribution in [3.63, 3.8) is 0 Å². The van der Waals surface area contributed by atoms with Gasteiger partial charge in [0, 0.05) is 0 Å². The Balaban J connectivity index is 3.51. The number of rotatable bonds is 2. The lowest BCUT2D eigenvalue weighted by atomic mass is 10.7. The average Bonchev–Trinajstić information content (AvgIpc) is 1.82. The average molecular weight is 132 g/mol. The molecule has 50 valence electrons. The maximum Gasteiger partial charge on any atom is 0.417 e. The van der Waals surface area contributed by atoms with Crippen molar-refractivity contribution in [2.24, 2.45) is 0 Å². The molecule has 5 heteroatoms. The van der Waals surface area contributed by atoms with Crippen LogP contribution in [0, 0.1) is 0 Å². The van der Waals surface area contributed by atoms with Gasteiger partial charge in [0.1, 0.15) is 6.61 Å². The first-order chi connectivity index (χ1) is 4.18. The smallest absolute Gasteiger partial charge is 0.417 e. The Morgan fingerprint density at radius 1 is 1.56 bits per heavy atom. The molecule has 0 rings (SSSR count). The summed E-state index contributed by atoms with van der Waals surface area (Å²) in [7, 11) is 0. The Hall–Kier alpha value is -1.39. The van der Waals surface area contributed by atoms with E-state index in [0.29, 0.717) is 6.29 Å². The second-order valence-corrected chi connectivity index (χ2v) is 1.07. The number of aliphatic carboxylic acids is 1. The first kappa shape index (κ1) is 7.61. The van der Waals surface area contributed by atoms with E-state index in [-0.39, 0.29) is 0 Å². The van der Waals surface area contributed by atoms with E-state index in [4.69, 9.17) is 5.11 Å². The van der Waals surface area contributed by atoms with E-state index in [9.17, 15) is 14.4 Å². The van der Waals surface area contributed by atoms with Crippen LogP contribution in [-0.2, 0) is 19.1 Å². The van der Waals surface area contributed by atoms with Crippen molar-refractivity contribution in [3.8, 4) is 0 Å². The van der Waals surface area contributed by atoms with Gasteiger partial charge in [-0.3, -0.25) is 4.79 Å². The highest BCUT2D eigenvalue weighted by molar-refractivity contribution is 6.28. The number of hydrogen-bond donors (Lipinski definition) is 1. The van der Waals surface area contributed by atoms with Crippen LogP contribution in [-0.4, -0.2) is 29.9 Å². The topological polar surface area (TPSA) is 80.7 Å². The van der Waals surface area contributed by atoms with Gasteiger partial charge in [0.05, 0.1) is 0 Å². The van der Waals surface area contributed by atoms with Crippen LogP contribution in [0.5, 0.6) is 0 Å². The minimum absolute atomic E-state index is 0.292. The van der Waals surface area contributed by atoms with Crippen molar-refractivity contribution in [1.82, 2.24) is 0 Å². The van der Waals surface area contributed by atoms with Crippen molar-refractivity contribution >= 4 is 18.2 Å². The highest BCUT2D eigenvalue weighted by Crippen LogP contribution is 1.73. The second kappa shape index (κ2) is 3.59. The number of esters is 1. The van der Waals surface area contributed by atoms with Gasteiger partial charge in [-0.2, -0.15) is 0 Å². The lowest BCUT2D eigenvalue weighted by Crippen LogP contribution is -2.17. The Morgan fingerprint density at radius 3 is 2.44 bits per heavy atom. The molecule has 1 N–H and O–H groups in total. The first-order valence-electron chi connectivity index (χ1n) is 2.02. The van der Waals surface area contributed by atoms with Crippen LogP contribution in [0.3, 0.4) is 0 Å². The fraction of sp³-hybridized carbons (Fsp3) is 0.250. The van der Waals surface area contributed by atoms with Crippen LogP contribution >= 0.6 is 0 Å². The Bertz CT molecular complexity index is 138. The molecule has 0 saturated carbocycles. The number of aldehydes is 1. The summed E-state index contributed by atoms with van der Waals surface area (Å²) in [5.74, 6) is -3.11. The minimum atomic E-state index is -1.70. The molecule has 0 atom stereocenters. The van der Waals surface area contributed by atoms with Gasteiger partial charge in [-0.15, -0.1) is 0 Å². The second-order valence-electron chi connectivity index (χ2n) is 1.07. The lowest BCUT2D eigenvalue weighted by Gasteiger charge is -1.91. The summed E-state index contributed by atoms with van der Waals surface area (Å²) in [5, 5.41) is 7.82. The van der Waals surface area contributed by atoms with Crippen LogP contribution in [0.4, 0.5) is 0 Å². The number of carboxylic acids is 1. The number of carboxylic acid groups (broad SMARTS) is 1. The molecule has 0 spiro atoms. The fourth-order valence-electron chi connectivity index (χ4n) is 0.171. The molecule has 0 aromatic heterocycles. The van der Waals surface area contributed by atoms with Gasteiger partial charge < -0.3 is 9.84 Å². The van der Waals surface area contributed by atoms with Gasteiger partial charge in [0.25, 0.3) is 0 Å². The van der Waals surface area contributed by atoms with Crippen LogP contribution in [0.25, 0.3) is 0 Å². The summed E-state index contributed by atoms with van der Waals surface area (Å²) in [6.45, 7) is -0.509. The molecule has 0 unspecified atom stereocenters. The summed E-state index contributed by atoms with van der Waals surface area (Å²) >= 11 is 0. The van der Waals surface area contributed by atoms with E-state index >= 15 is 0 Å². The van der Waals surface area contributed by atoms with Crippen molar-refractivity contribution < 1.29 is 24.2 Å². The molecule has 0 aliphatic heterocycles. The molecule has 0 aromatic carbocycles. The molecular formula is C4H4O5. The normalized spacial score (nSPS) is 8.00. The predicted molar refractivity (Wildman–Crippen MR) is 24.7 cm³/mol. The molecule has 0 radical (unpaired) electrons. The summed E-state index contributed by atoms with van der Waals surface area (Å²) in [4.78, 5) is 29.0. The lowest BCUT2D eigenvalue weighted by molar-refractivity contribution is -0.164. The van der Waals surface area contributed by atoms with E-state index in [1.165, 1.54) is 0 Å². The molecule has 0 bridgehead atoms. The van der Waals surface area contributed by atoms with E-state index < -0.39 is 18.5 Å². The molecule has 0 aliphatic carbocycles. The third-order valence-electron chi connectivity index (χ3n) is 0.457. The zero-order valence-corrected chi connectivity index (χ0v) is 4.36. The highest BCUT2D eigenvalue weighted by atomic mass is 16.6. The van der Waals surface area contributed by atoms with Gasteiger partial charge >= 0.3 is 11.9 Å². The maximum atomic E-state index is 9.92. The summed E-state index contributed by atoms with van der Waals surface area (Å²) in [6, 6.07) is 0. The molecule has 5 nitrogen and oxygen atoms in total. The highest BCUT2D eigenvalue weighted by Gasteiger charge is 2.10. The molecule has 0 saturated heterocycles. The van der Waals surface area contributed by atoms with Crippen molar-refractivity contribution in [2.75, 3.05) is 6.61 Å². The number of ether oxygens (including phenoxy) is 1. The van der Waals surface area contributed by atoms with Crippen LogP contribution in [0.1, 0.15) is 0 Å². The summed E-state index contributed by atoms with van der Waals surface area (Å²) in [6.07, 6.45) is 0.292. The SMILES string of the molecule is O=CCOC(=O)C(=O)O. The quantitative estimate of drug-likeness (QED) is 0.290. The van der Waals surface area contributed by atoms with Gasteiger partial charge in [-0.05, 0) is 0 Å².